The van der Waals surface area contributed by atoms with Crippen LogP contribution in [0.4, 0.5) is 4.79 Å². The molecule has 154 valence electrons. The Morgan fingerprint density at radius 3 is 2.46 bits per heavy atom. The average Bonchev–Trinajstić information content (AvgIpc) is 2.71. The zero-order chi connectivity index (χ0) is 20.1. The van der Waals surface area contributed by atoms with Gasteiger partial charge in [0, 0.05) is 45.3 Å². The van der Waals surface area contributed by atoms with E-state index in [1.54, 1.807) is 4.90 Å². The van der Waals surface area contributed by atoms with E-state index in [2.05, 4.69) is 36.9 Å². The Balaban J connectivity index is 1.52. The Morgan fingerprint density at radius 2 is 1.79 bits per heavy atom. The first-order valence-electron chi connectivity index (χ1n) is 10.5. The summed E-state index contributed by atoms with van der Waals surface area (Å²) in [4.78, 5) is 31.0. The number of ether oxygens (including phenoxy) is 1. The molecule has 0 aliphatic carbocycles. The molecule has 2 heterocycles. The second-order valence-corrected chi connectivity index (χ2v) is 7.95. The molecule has 0 radical (unpaired) electrons. The number of aryl methyl sites for hydroxylation is 2. The summed E-state index contributed by atoms with van der Waals surface area (Å²) in [6, 6.07) is 6.68. The van der Waals surface area contributed by atoms with Crippen LogP contribution in [-0.4, -0.2) is 78.6 Å². The van der Waals surface area contributed by atoms with Crippen LogP contribution in [0.15, 0.2) is 18.2 Å². The molecule has 2 aliphatic rings. The fourth-order valence-electron chi connectivity index (χ4n) is 4.16. The molecule has 2 fully saturated rings. The van der Waals surface area contributed by atoms with Gasteiger partial charge in [-0.05, 0) is 50.3 Å². The van der Waals surface area contributed by atoms with Gasteiger partial charge >= 0.3 is 6.09 Å². The van der Waals surface area contributed by atoms with Crippen molar-refractivity contribution >= 4 is 12.0 Å². The minimum absolute atomic E-state index is 0.212. The first-order chi connectivity index (χ1) is 13.5. The van der Waals surface area contributed by atoms with E-state index < -0.39 is 0 Å². The fourth-order valence-corrected chi connectivity index (χ4v) is 4.16. The van der Waals surface area contributed by atoms with Crippen LogP contribution in [0.3, 0.4) is 0 Å². The number of carbonyl (C=O) groups is 2. The first-order valence-corrected chi connectivity index (χ1v) is 10.5. The minimum atomic E-state index is -0.212. The van der Waals surface area contributed by atoms with Gasteiger partial charge in [0.2, 0.25) is 5.91 Å². The van der Waals surface area contributed by atoms with E-state index in [0.717, 1.165) is 44.6 Å². The van der Waals surface area contributed by atoms with E-state index in [4.69, 9.17) is 4.74 Å². The van der Waals surface area contributed by atoms with E-state index in [1.807, 2.05) is 11.8 Å². The predicted molar refractivity (Wildman–Crippen MR) is 109 cm³/mol. The molecule has 3 rings (SSSR count). The van der Waals surface area contributed by atoms with Crippen LogP contribution in [0.5, 0.6) is 0 Å². The number of carbonyl (C=O) groups excluding carboxylic acids is 2. The number of piperidine rings is 1. The zero-order valence-electron chi connectivity index (χ0n) is 17.4. The molecule has 6 nitrogen and oxygen atoms in total. The molecule has 2 amide bonds. The standard InChI is InChI=1S/C22H33N3O3/c1-4-28-22(27)24-12-10-23(11-13-24)20-6-5-9-25(16-20)21(26)15-19-8-7-17(2)18(3)14-19/h7-8,14,20H,4-6,9-13,15-16H2,1-3H3/t20-/m1/s1. The van der Waals surface area contributed by atoms with E-state index in [9.17, 15) is 9.59 Å². The van der Waals surface area contributed by atoms with E-state index in [-0.39, 0.29) is 12.0 Å². The number of benzene rings is 1. The molecule has 1 aromatic carbocycles. The van der Waals surface area contributed by atoms with Gasteiger partial charge in [0.05, 0.1) is 13.0 Å². The molecule has 0 N–H and O–H groups in total. The van der Waals surface area contributed by atoms with Crippen LogP contribution in [0.25, 0.3) is 0 Å². The van der Waals surface area contributed by atoms with Crippen molar-refractivity contribution in [2.75, 3.05) is 45.9 Å². The molecule has 1 atom stereocenters. The normalized spacial score (nSPS) is 20.9. The van der Waals surface area contributed by atoms with Crippen molar-refractivity contribution in [2.24, 2.45) is 0 Å². The maximum absolute atomic E-state index is 12.8. The van der Waals surface area contributed by atoms with Crippen molar-refractivity contribution in [3.8, 4) is 0 Å². The summed E-state index contributed by atoms with van der Waals surface area (Å²) < 4.78 is 5.10. The third kappa shape index (κ3) is 5.04. The van der Waals surface area contributed by atoms with E-state index >= 15 is 0 Å². The van der Waals surface area contributed by atoms with Crippen molar-refractivity contribution in [2.45, 2.75) is 46.1 Å². The Bertz CT molecular complexity index is 698. The van der Waals surface area contributed by atoms with Crippen molar-refractivity contribution in [1.29, 1.82) is 0 Å². The quantitative estimate of drug-likeness (QED) is 0.797. The lowest BCUT2D eigenvalue weighted by Crippen LogP contribution is -2.56. The molecular formula is C22H33N3O3. The second-order valence-electron chi connectivity index (χ2n) is 7.95. The van der Waals surface area contributed by atoms with Crippen LogP contribution in [0, 0.1) is 13.8 Å². The summed E-state index contributed by atoms with van der Waals surface area (Å²) in [6.07, 6.45) is 2.43. The monoisotopic (exact) mass is 387 g/mol. The topological polar surface area (TPSA) is 53.1 Å². The molecule has 0 aromatic heterocycles. The molecule has 0 saturated carbocycles. The zero-order valence-corrected chi connectivity index (χ0v) is 17.4. The largest absolute Gasteiger partial charge is 0.450 e. The highest BCUT2D eigenvalue weighted by atomic mass is 16.6. The van der Waals surface area contributed by atoms with Crippen LogP contribution < -0.4 is 0 Å². The van der Waals surface area contributed by atoms with Gasteiger partial charge in [0.25, 0.3) is 0 Å². The SMILES string of the molecule is CCOC(=O)N1CCN([C@@H]2CCCN(C(=O)Cc3ccc(C)c(C)c3)C2)CC1. The maximum atomic E-state index is 12.8. The van der Waals surface area contributed by atoms with Gasteiger partial charge in [-0.2, -0.15) is 0 Å². The van der Waals surface area contributed by atoms with Gasteiger partial charge in [-0.25, -0.2) is 4.79 Å². The number of nitrogens with zero attached hydrogens (tertiary/aromatic N) is 3. The Labute approximate surface area is 168 Å². The second kappa shape index (κ2) is 9.41. The Hall–Kier alpha value is -2.08. The Kier molecular flexibility index (Phi) is 6.94. The van der Waals surface area contributed by atoms with Crippen LogP contribution in [0.2, 0.25) is 0 Å². The summed E-state index contributed by atoms with van der Waals surface area (Å²) in [5.41, 5.74) is 3.59. The lowest BCUT2D eigenvalue weighted by Gasteiger charge is -2.43. The number of hydrogen-bond acceptors (Lipinski definition) is 4. The van der Waals surface area contributed by atoms with Gasteiger partial charge in [-0.1, -0.05) is 18.2 Å². The molecule has 6 heteroatoms. The molecule has 0 spiro atoms. The minimum Gasteiger partial charge on any atom is -0.450 e. The summed E-state index contributed by atoms with van der Waals surface area (Å²) >= 11 is 0. The number of likely N-dealkylation sites (tertiary alicyclic amines) is 1. The first kappa shape index (κ1) is 20.6. The number of amides is 2. The lowest BCUT2D eigenvalue weighted by atomic mass is 10.0. The smallest absolute Gasteiger partial charge is 0.409 e. The molecule has 2 saturated heterocycles. The predicted octanol–water partition coefficient (Wildman–Crippen LogP) is 2.61. The van der Waals surface area contributed by atoms with Crippen molar-refractivity contribution in [3.05, 3.63) is 34.9 Å². The Morgan fingerprint density at radius 1 is 1.04 bits per heavy atom. The fraction of sp³-hybridized carbons (Fsp3) is 0.636. The van der Waals surface area contributed by atoms with Crippen LogP contribution in [-0.2, 0) is 16.0 Å². The van der Waals surface area contributed by atoms with Gasteiger partial charge in [-0.3, -0.25) is 9.69 Å². The lowest BCUT2D eigenvalue weighted by molar-refractivity contribution is -0.132. The molecule has 2 aliphatic heterocycles. The van der Waals surface area contributed by atoms with Gasteiger partial charge in [-0.15, -0.1) is 0 Å². The number of hydrogen-bond donors (Lipinski definition) is 0. The summed E-state index contributed by atoms with van der Waals surface area (Å²) in [6.45, 7) is 11.2. The molecule has 0 bridgehead atoms. The van der Waals surface area contributed by atoms with Gasteiger partial charge in [0.1, 0.15) is 0 Å². The average molecular weight is 388 g/mol. The van der Waals surface area contributed by atoms with Crippen LogP contribution in [0.1, 0.15) is 36.5 Å². The molecular weight excluding hydrogens is 354 g/mol. The highest BCUT2D eigenvalue weighted by Gasteiger charge is 2.31. The highest BCUT2D eigenvalue weighted by Crippen LogP contribution is 2.19. The maximum Gasteiger partial charge on any atom is 0.409 e. The third-order valence-corrected chi connectivity index (χ3v) is 6.03. The third-order valence-electron chi connectivity index (χ3n) is 6.03. The molecule has 1 aromatic rings. The van der Waals surface area contributed by atoms with Crippen LogP contribution >= 0.6 is 0 Å². The van der Waals surface area contributed by atoms with E-state index in [1.165, 1.54) is 11.1 Å². The van der Waals surface area contributed by atoms with Gasteiger partial charge in [0.15, 0.2) is 0 Å². The van der Waals surface area contributed by atoms with E-state index in [0.29, 0.717) is 32.2 Å². The van der Waals surface area contributed by atoms with Gasteiger partial charge < -0.3 is 14.5 Å². The summed E-state index contributed by atoms with van der Waals surface area (Å²) in [5.74, 6) is 0.220. The summed E-state index contributed by atoms with van der Waals surface area (Å²) in [5, 5.41) is 0. The highest BCUT2D eigenvalue weighted by molar-refractivity contribution is 5.79. The molecule has 28 heavy (non-hydrogen) atoms. The number of rotatable bonds is 4. The van der Waals surface area contributed by atoms with Crippen molar-refractivity contribution in [3.63, 3.8) is 0 Å². The van der Waals surface area contributed by atoms with Crippen molar-refractivity contribution in [1.82, 2.24) is 14.7 Å². The van der Waals surface area contributed by atoms with Crippen molar-refractivity contribution < 1.29 is 14.3 Å². The summed E-state index contributed by atoms with van der Waals surface area (Å²) in [7, 11) is 0. The number of piperazine rings is 1. The molecule has 0 unspecified atom stereocenters.